The van der Waals surface area contributed by atoms with E-state index in [1.165, 1.54) is 18.4 Å². The number of methoxy groups -OCH3 is 1. The molecule has 1 N–H and O–H groups in total. The van der Waals surface area contributed by atoms with Crippen molar-refractivity contribution in [2.24, 2.45) is 0 Å². The van der Waals surface area contributed by atoms with Gasteiger partial charge in [0.15, 0.2) is 0 Å². The fourth-order valence-corrected chi connectivity index (χ4v) is 3.35. The van der Waals surface area contributed by atoms with Crippen molar-refractivity contribution in [1.29, 1.82) is 0 Å². The van der Waals surface area contributed by atoms with Gasteiger partial charge in [0.1, 0.15) is 11.3 Å². The molecule has 1 heterocycles. The van der Waals surface area contributed by atoms with E-state index >= 15 is 0 Å². The Balaban J connectivity index is 2.33. The molecule has 0 radical (unpaired) electrons. The predicted molar refractivity (Wildman–Crippen MR) is 88.0 cm³/mol. The summed E-state index contributed by atoms with van der Waals surface area (Å²) in [5.74, 6) is -0.562. The molecule has 0 aliphatic rings. The van der Waals surface area contributed by atoms with Gasteiger partial charge in [0.05, 0.1) is 11.8 Å². The highest BCUT2D eigenvalue weighted by atomic mass is 79.9. The lowest BCUT2D eigenvalue weighted by atomic mass is 9.97. The first-order valence-electron chi connectivity index (χ1n) is 6.19. The molecule has 21 heavy (non-hydrogen) atoms. The van der Waals surface area contributed by atoms with Crippen LogP contribution in [0.25, 0.3) is 21.2 Å². The lowest BCUT2D eigenvalue weighted by Gasteiger charge is -2.11. The number of ether oxygens (including phenoxy) is 1. The fourth-order valence-electron chi connectivity index (χ4n) is 2.26. The Morgan fingerprint density at radius 2 is 1.95 bits per heavy atom. The van der Waals surface area contributed by atoms with Gasteiger partial charge in [-0.25, -0.2) is 4.79 Å². The van der Waals surface area contributed by atoms with Crippen LogP contribution in [0.2, 0.25) is 0 Å². The molecule has 0 saturated heterocycles. The minimum absolute atomic E-state index is 0.0210. The Labute approximate surface area is 133 Å². The third kappa shape index (κ3) is 2.43. The summed E-state index contributed by atoms with van der Waals surface area (Å²) in [4.78, 5) is 12.1. The molecule has 0 spiro atoms. The van der Waals surface area contributed by atoms with Gasteiger partial charge in [0.25, 0.3) is 0 Å². The summed E-state index contributed by atoms with van der Waals surface area (Å²) in [5, 5.41) is 13.2. The molecule has 5 heteroatoms. The zero-order valence-corrected chi connectivity index (χ0v) is 13.5. The highest BCUT2D eigenvalue weighted by Crippen LogP contribution is 2.40. The Hall–Kier alpha value is -1.85. The van der Waals surface area contributed by atoms with Crippen LogP contribution in [0.3, 0.4) is 0 Å². The minimum atomic E-state index is -0.541. The summed E-state index contributed by atoms with van der Waals surface area (Å²) in [5.41, 5.74) is 1.72. The van der Waals surface area contributed by atoms with E-state index in [9.17, 15) is 9.90 Å². The quantitative estimate of drug-likeness (QED) is 0.664. The number of carbonyl (C=O) groups is 1. The molecule has 106 valence electrons. The van der Waals surface area contributed by atoms with Gasteiger partial charge in [-0.15, -0.1) is 11.3 Å². The Morgan fingerprint density at radius 1 is 1.24 bits per heavy atom. The van der Waals surface area contributed by atoms with Crippen LogP contribution >= 0.6 is 27.3 Å². The van der Waals surface area contributed by atoms with Crippen LogP contribution in [0.1, 0.15) is 10.4 Å². The standard InChI is InChI=1S/C16H11BrO3S/c1-20-16(19)13-12(9-2-4-11(17)5-3-9)8-10-6-7-21-15(10)14(13)18/h2-8,18H,1H3. The number of carbonyl (C=O) groups excluding carboxylic acids is 1. The largest absolute Gasteiger partial charge is 0.506 e. The molecule has 3 aromatic rings. The van der Waals surface area contributed by atoms with E-state index in [-0.39, 0.29) is 11.3 Å². The number of fused-ring (bicyclic) bond motifs is 1. The van der Waals surface area contributed by atoms with Crippen molar-refractivity contribution in [2.75, 3.05) is 7.11 Å². The summed E-state index contributed by atoms with van der Waals surface area (Å²) >= 11 is 4.78. The number of thiophene rings is 1. The number of esters is 1. The smallest absolute Gasteiger partial charge is 0.342 e. The van der Waals surface area contributed by atoms with Crippen molar-refractivity contribution in [3.63, 3.8) is 0 Å². The minimum Gasteiger partial charge on any atom is -0.506 e. The highest BCUT2D eigenvalue weighted by molar-refractivity contribution is 9.10. The van der Waals surface area contributed by atoms with Crippen LogP contribution in [0, 0.1) is 0 Å². The summed E-state index contributed by atoms with van der Waals surface area (Å²) < 4.78 is 6.47. The molecule has 0 amide bonds. The Bertz CT molecular complexity index is 821. The first-order valence-corrected chi connectivity index (χ1v) is 7.86. The lowest BCUT2D eigenvalue weighted by Crippen LogP contribution is -2.04. The van der Waals surface area contributed by atoms with Gasteiger partial charge in [0, 0.05) is 10.0 Å². The lowest BCUT2D eigenvalue weighted by molar-refractivity contribution is 0.0599. The van der Waals surface area contributed by atoms with Gasteiger partial charge < -0.3 is 9.84 Å². The van der Waals surface area contributed by atoms with Gasteiger partial charge in [-0.1, -0.05) is 28.1 Å². The second-order valence-corrected chi connectivity index (χ2v) is 6.32. The molecule has 0 bridgehead atoms. The maximum atomic E-state index is 12.1. The summed E-state index contributed by atoms with van der Waals surface area (Å²) in [7, 11) is 1.31. The van der Waals surface area contributed by atoms with Crippen LogP contribution in [0.5, 0.6) is 5.75 Å². The molecule has 1 aromatic heterocycles. The second-order valence-electron chi connectivity index (χ2n) is 4.49. The average Bonchev–Trinajstić information content (AvgIpc) is 2.96. The van der Waals surface area contributed by atoms with Crippen LogP contribution in [-0.2, 0) is 4.74 Å². The first kappa shape index (κ1) is 14.1. The number of halogens is 1. The highest BCUT2D eigenvalue weighted by Gasteiger charge is 2.21. The topological polar surface area (TPSA) is 46.5 Å². The Kier molecular flexibility index (Phi) is 3.69. The van der Waals surface area contributed by atoms with Crippen molar-refractivity contribution in [3.8, 4) is 16.9 Å². The van der Waals surface area contributed by atoms with E-state index in [2.05, 4.69) is 15.9 Å². The van der Waals surface area contributed by atoms with Gasteiger partial charge in [-0.2, -0.15) is 0 Å². The van der Waals surface area contributed by atoms with Crippen molar-refractivity contribution in [1.82, 2.24) is 0 Å². The zero-order valence-electron chi connectivity index (χ0n) is 11.1. The van der Waals surface area contributed by atoms with E-state index < -0.39 is 5.97 Å². The van der Waals surface area contributed by atoms with E-state index in [0.717, 1.165) is 15.4 Å². The second kappa shape index (κ2) is 5.50. The molecule has 0 atom stereocenters. The predicted octanol–water partition coefficient (Wildman–Crippen LogP) is 4.82. The van der Waals surface area contributed by atoms with Gasteiger partial charge in [-0.05, 0) is 40.6 Å². The number of rotatable bonds is 2. The maximum absolute atomic E-state index is 12.1. The molecule has 0 fully saturated rings. The Morgan fingerprint density at radius 3 is 2.62 bits per heavy atom. The number of aromatic hydroxyl groups is 1. The molecule has 0 aliphatic carbocycles. The van der Waals surface area contributed by atoms with Crippen molar-refractivity contribution < 1.29 is 14.6 Å². The number of phenols is 1. The SMILES string of the molecule is COC(=O)c1c(-c2ccc(Br)cc2)cc2ccsc2c1O. The maximum Gasteiger partial charge on any atom is 0.342 e. The molecular formula is C16H11BrO3S. The molecule has 3 nitrogen and oxygen atoms in total. The monoisotopic (exact) mass is 362 g/mol. The molecule has 3 rings (SSSR count). The number of phenolic OH excluding ortho intramolecular Hbond substituents is 1. The summed E-state index contributed by atoms with van der Waals surface area (Å²) in [6.07, 6.45) is 0. The van der Waals surface area contributed by atoms with Crippen molar-refractivity contribution >= 4 is 43.3 Å². The van der Waals surface area contributed by atoms with E-state index in [1.807, 2.05) is 41.8 Å². The molecular weight excluding hydrogens is 352 g/mol. The van der Waals surface area contributed by atoms with E-state index in [1.54, 1.807) is 0 Å². The summed E-state index contributed by atoms with van der Waals surface area (Å²) in [6, 6.07) is 11.4. The number of benzene rings is 2. The fraction of sp³-hybridized carbons (Fsp3) is 0.0625. The average molecular weight is 363 g/mol. The van der Waals surface area contributed by atoms with E-state index in [0.29, 0.717) is 10.3 Å². The van der Waals surface area contributed by atoms with Crippen LogP contribution in [0.15, 0.2) is 46.3 Å². The number of hydrogen-bond donors (Lipinski definition) is 1. The van der Waals surface area contributed by atoms with Crippen LogP contribution in [0.4, 0.5) is 0 Å². The normalized spacial score (nSPS) is 10.8. The molecule has 0 unspecified atom stereocenters. The van der Waals surface area contributed by atoms with E-state index in [4.69, 9.17) is 4.74 Å². The van der Waals surface area contributed by atoms with Crippen molar-refractivity contribution in [2.45, 2.75) is 0 Å². The zero-order chi connectivity index (χ0) is 15.0. The third-order valence-electron chi connectivity index (χ3n) is 3.26. The van der Waals surface area contributed by atoms with Crippen LogP contribution in [-0.4, -0.2) is 18.2 Å². The third-order valence-corrected chi connectivity index (χ3v) is 4.73. The molecule has 2 aromatic carbocycles. The van der Waals surface area contributed by atoms with Crippen LogP contribution < -0.4 is 0 Å². The molecule has 0 aliphatic heterocycles. The van der Waals surface area contributed by atoms with Gasteiger partial charge >= 0.3 is 5.97 Å². The van der Waals surface area contributed by atoms with Gasteiger partial charge in [-0.3, -0.25) is 0 Å². The summed E-state index contributed by atoms with van der Waals surface area (Å²) in [6.45, 7) is 0. The number of hydrogen-bond acceptors (Lipinski definition) is 4. The van der Waals surface area contributed by atoms with Gasteiger partial charge in [0.2, 0.25) is 0 Å². The molecule has 0 saturated carbocycles. The first-order chi connectivity index (χ1) is 10.1. The van der Waals surface area contributed by atoms with Crippen molar-refractivity contribution in [3.05, 3.63) is 51.8 Å².